The molecule has 0 radical (unpaired) electrons. The molecule has 2 heterocycles. The lowest BCUT2D eigenvalue weighted by molar-refractivity contribution is 0.251. The summed E-state index contributed by atoms with van der Waals surface area (Å²) in [5.74, 6) is 1.73. The molecule has 0 bridgehead atoms. The van der Waals surface area contributed by atoms with E-state index in [2.05, 4.69) is 39.6 Å². The highest BCUT2D eigenvalue weighted by Gasteiger charge is 2.23. The SMILES string of the molecule is CCNC(=NCC(c1ccc(OC)cc1)N1CCCC1)NCCc1ccc(Cl)nc1.I. The summed E-state index contributed by atoms with van der Waals surface area (Å²) < 4.78 is 5.32. The van der Waals surface area contributed by atoms with Crippen molar-refractivity contribution in [1.29, 1.82) is 0 Å². The van der Waals surface area contributed by atoms with Crippen molar-refractivity contribution in [2.45, 2.75) is 32.2 Å². The van der Waals surface area contributed by atoms with Crippen LogP contribution in [-0.2, 0) is 6.42 Å². The van der Waals surface area contributed by atoms with Gasteiger partial charge in [0.2, 0.25) is 0 Å². The summed E-state index contributed by atoms with van der Waals surface area (Å²) in [5, 5.41) is 7.32. The number of hydrogen-bond donors (Lipinski definition) is 2. The number of benzene rings is 1. The molecule has 1 aromatic carbocycles. The average molecular weight is 558 g/mol. The van der Waals surface area contributed by atoms with Crippen molar-refractivity contribution in [3.05, 3.63) is 58.9 Å². The minimum Gasteiger partial charge on any atom is -0.497 e. The molecule has 6 nitrogen and oxygen atoms in total. The molecule has 1 atom stereocenters. The maximum Gasteiger partial charge on any atom is 0.191 e. The summed E-state index contributed by atoms with van der Waals surface area (Å²) in [6.45, 7) is 6.66. The van der Waals surface area contributed by atoms with Gasteiger partial charge in [-0.1, -0.05) is 29.8 Å². The Morgan fingerprint density at radius 3 is 2.52 bits per heavy atom. The fourth-order valence-corrected chi connectivity index (χ4v) is 3.82. The van der Waals surface area contributed by atoms with Gasteiger partial charge in [-0.15, -0.1) is 24.0 Å². The van der Waals surface area contributed by atoms with E-state index in [-0.39, 0.29) is 30.0 Å². The number of pyridine rings is 1. The Morgan fingerprint density at radius 2 is 1.90 bits per heavy atom. The number of halogens is 2. The standard InChI is InChI=1S/C23H32ClN5O.HI/c1-3-25-23(26-13-12-18-6-11-22(24)27-16-18)28-17-21(29-14-4-5-15-29)19-7-9-20(30-2)10-8-19;/h6-11,16,21H,3-5,12-15,17H2,1-2H3,(H2,25,26,28);1H. The molecule has 0 spiro atoms. The third-order valence-electron chi connectivity index (χ3n) is 5.34. The number of likely N-dealkylation sites (tertiary alicyclic amines) is 1. The van der Waals surface area contributed by atoms with Crippen LogP contribution in [0.4, 0.5) is 0 Å². The van der Waals surface area contributed by atoms with Crippen LogP contribution < -0.4 is 15.4 Å². The lowest BCUT2D eigenvalue weighted by Crippen LogP contribution is -2.39. The minimum atomic E-state index is 0. The van der Waals surface area contributed by atoms with E-state index in [0.29, 0.717) is 11.7 Å². The fraction of sp³-hybridized carbons (Fsp3) is 0.478. The summed E-state index contributed by atoms with van der Waals surface area (Å²) in [4.78, 5) is 11.6. The summed E-state index contributed by atoms with van der Waals surface area (Å²) in [7, 11) is 1.70. The van der Waals surface area contributed by atoms with Crippen molar-refractivity contribution < 1.29 is 4.74 Å². The Hall–Kier alpha value is -1.58. The van der Waals surface area contributed by atoms with Crippen LogP contribution in [-0.4, -0.2) is 55.7 Å². The van der Waals surface area contributed by atoms with Gasteiger partial charge in [0.1, 0.15) is 10.9 Å². The molecule has 1 unspecified atom stereocenters. The highest BCUT2D eigenvalue weighted by Crippen LogP contribution is 2.27. The normalized spacial score (nSPS) is 15.3. The number of aliphatic imine (C=N–C) groups is 1. The van der Waals surface area contributed by atoms with E-state index in [1.54, 1.807) is 7.11 Å². The predicted octanol–water partition coefficient (Wildman–Crippen LogP) is 4.30. The number of aromatic nitrogens is 1. The quantitative estimate of drug-likeness (QED) is 0.208. The van der Waals surface area contributed by atoms with Gasteiger partial charge in [-0.3, -0.25) is 9.89 Å². The molecule has 0 amide bonds. The Morgan fingerprint density at radius 1 is 1.16 bits per heavy atom. The second-order valence-electron chi connectivity index (χ2n) is 7.42. The third kappa shape index (κ3) is 8.12. The van der Waals surface area contributed by atoms with E-state index in [4.69, 9.17) is 21.3 Å². The lowest BCUT2D eigenvalue weighted by Gasteiger charge is -2.27. The van der Waals surface area contributed by atoms with Gasteiger partial charge in [-0.2, -0.15) is 0 Å². The monoisotopic (exact) mass is 557 g/mol. The number of methoxy groups -OCH3 is 1. The molecular formula is C23H33ClIN5O. The molecule has 8 heteroatoms. The minimum absolute atomic E-state index is 0. The number of ether oxygens (including phenoxy) is 1. The molecule has 0 aliphatic carbocycles. The maximum absolute atomic E-state index is 5.86. The molecule has 2 aromatic rings. The Labute approximate surface area is 207 Å². The van der Waals surface area contributed by atoms with E-state index in [1.165, 1.54) is 18.4 Å². The zero-order valence-electron chi connectivity index (χ0n) is 18.3. The van der Waals surface area contributed by atoms with Gasteiger partial charge in [-0.25, -0.2) is 4.98 Å². The topological polar surface area (TPSA) is 61.8 Å². The Balaban J connectivity index is 0.00000341. The first-order valence-corrected chi connectivity index (χ1v) is 11.1. The van der Waals surface area contributed by atoms with Crippen LogP contribution in [0.2, 0.25) is 5.15 Å². The van der Waals surface area contributed by atoms with Crippen molar-refractivity contribution in [2.24, 2.45) is 4.99 Å². The van der Waals surface area contributed by atoms with Gasteiger partial charge >= 0.3 is 0 Å². The molecule has 0 saturated carbocycles. The first kappa shape index (κ1) is 25.7. The van der Waals surface area contributed by atoms with Crippen molar-refractivity contribution in [3.8, 4) is 5.75 Å². The van der Waals surface area contributed by atoms with Crippen molar-refractivity contribution >= 4 is 41.5 Å². The molecule has 1 saturated heterocycles. The van der Waals surface area contributed by atoms with Gasteiger partial charge < -0.3 is 15.4 Å². The number of rotatable bonds is 9. The highest BCUT2D eigenvalue weighted by molar-refractivity contribution is 14.0. The maximum atomic E-state index is 5.86. The molecule has 1 aliphatic rings. The van der Waals surface area contributed by atoms with Gasteiger partial charge in [0.25, 0.3) is 0 Å². The van der Waals surface area contributed by atoms with Crippen LogP contribution >= 0.6 is 35.6 Å². The van der Waals surface area contributed by atoms with Gasteiger partial charge in [0.05, 0.1) is 19.7 Å². The molecule has 1 fully saturated rings. The number of nitrogens with one attached hydrogen (secondary N) is 2. The first-order valence-electron chi connectivity index (χ1n) is 10.7. The average Bonchev–Trinajstić information content (AvgIpc) is 3.30. The van der Waals surface area contributed by atoms with E-state index in [0.717, 1.165) is 49.9 Å². The van der Waals surface area contributed by atoms with Crippen LogP contribution in [0.3, 0.4) is 0 Å². The molecule has 1 aromatic heterocycles. The van der Waals surface area contributed by atoms with E-state index in [9.17, 15) is 0 Å². The van der Waals surface area contributed by atoms with Crippen molar-refractivity contribution in [1.82, 2.24) is 20.5 Å². The smallest absolute Gasteiger partial charge is 0.191 e. The zero-order chi connectivity index (χ0) is 21.2. The van der Waals surface area contributed by atoms with Gasteiger partial charge in [0.15, 0.2) is 5.96 Å². The Kier molecular flexibility index (Phi) is 11.4. The largest absolute Gasteiger partial charge is 0.497 e. The molecular weight excluding hydrogens is 525 g/mol. The predicted molar refractivity (Wildman–Crippen MR) is 139 cm³/mol. The molecule has 1 aliphatic heterocycles. The number of guanidine groups is 1. The van der Waals surface area contributed by atoms with Crippen LogP contribution in [0.5, 0.6) is 5.75 Å². The summed E-state index contributed by atoms with van der Waals surface area (Å²) >= 11 is 5.86. The molecule has 3 rings (SSSR count). The van der Waals surface area contributed by atoms with Crippen LogP contribution in [0, 0.1) is 0 Å². The van der Waals surface area contributed by atoms with E-state index >= 15 is 0 Å². The summed E-state index contributed by atoms with van der Waals surface area (Å²) in [5.41, 5.74) is 2.43. The molecule has 170 valence electrons. The van der Waals surface area contributed by atoms with Crippen molar-refractivity contribution in [2.75, 3.05) is 39.8 Å². The van der Waals surface area contributed by atoms with Crippen LogP contribution in [0.15, 0.2) is 47.6 Å². The Bertz CT molecular complexity index is 795. The van der Waals surface area contributed by atoms with Crippen LogP contribution in [0.1, 0.15) is 36.9 Å². The zero-order valence-corrected chi connectivity index (χ0v) is 21.4. The van der Waals surface area contributed by atoms with E-state index in [1.807, 2.05) is 30.5 Å². The number of nitrogens with zero attached hydrogens (tertiary/aromatic N) is 3. The van der Waals surface area contributed by atoms with Gasteiger partial charge in [-0.05, 0) is 68.6 Å². The first-order chi connectivity index (χ1) is 14.7. The fourth-order valence-electron chi connectivity index (χ4n) is 3.71. The van der Waals surface area contributed by atoms with Crippen molar-refractivity contribution in [3.63, 3.8) is 0 Å². The molecule has 2 N–H and O–H groups in total. The molecule has 31 heavy (non-hydrogen) atoms. The summed E-state index contributed by atoms with van der Waals surface area (Å²) in [6, 6.07) is 12.5. The van der Waals surface area contributed by atoms with Crippen LogP contribution in [0.25, 0.3) is 0 Å². The third-order valence-corrected chi connectivity index (χ3v) is 5.57. The summed E-state index contributed by atoms with van der Waals surface area (Å²) in [6.07, 6.45) is 5.19. The van der Waals surface area contributed by atoms with E-state index < -0.39 is 0 Å². The lowest BCUT2D eigenvalue weighted by atomic mass is 10.1. The van der Waals surface area contributed by atoms with Gasteiger partial charge in [0, 0.05) is 19.3 Å². The highest BCUT2D eigenvalue weighted by atomic mass is 127. The second-order valence-corrected chi connectivity index (χ2v) is 7.80. The second kappa shape index (κ2) is 13.8. The number of hydrogen-bond acceptors (Lipinski definition) is 4.